The van der Waals surface area contributed by atoms with Crippen molar-refractivity contribution >= 4 is 25.6 Å². The van der Waals surface area contributed by atoms with Crippen LogP contribution in [-0.2, 0) is 0 Å². The van der Waals surface area contributed by atoms with Crippen molar-refractivity contribution < 1.29 is 9.18 Å². The second-order valence-corrected chi connectivity index (χ2v) is 11.5. The SMILES string of the molecule is CC(C)(C)[Si](C)(C)n1ccc2c(C=O)c(F)cnc21. The summed E-state index contributed by atoms with van der Waals surface area (Å²) in [5, 5.41) is 0.732. The number of carbonyl (C=O) groups excluding carboxylic acids is 1. The molecule has 3 nitrogen and oxygen atoms in total. The lowest BCUT2D eigenvalue weighted by molar-refractivity contribution is 0.112. The van der Waals surface area contributed by atoms with Gasteiger partial charge in [-0.2, -0.15) is 0 Å². The van der Waals surface area contributed by atoms with E-state index in [0.29, 0.717) is 17.3 Å². The van der Waals surface area contributed by atoms with Crippen molar-refractivity contribution in [3.05, 3.63) is 29.8 Å². The number of pyridine rings is 1. The maximum Gasteiger partial charge on any atom is 0.163 e. The summed E-state index contributed by atoms with van der Waals surface area (Å²) in [5.41, 5.74) is 0.803. The average Bonchev–Trinajstić information content (AvgIpc) is 2.71. The maximum atomic E-state index is 13.6. The van der Waals surface area contributed by atoms with Gasteiger partial charge in [0.05, 0.1) is 11.8 Å². The third-order valence-electron chi connectivity index (χ3n) is 4.26. The average molecular weight is 278 g/mol. The molecule has 0 aromatic carbocycles. The van der Waals surface area contributed by atoms with Crippen LogP contribution in [0.5, 0.6) is 0 Å². The zero-order chi connectivity index (χ0) is 14.4. The topological polar surface area (TPSA) is 34.9 Å². The normalized spacial score (nSPS) is 12.9. The van der Waals surface area contributed by atoms with Crippen LogP contribution in [0.25, 0.3) is 11.0 Å². The molecule has 102 valence electrons. The molecule has 0 aliphatic carbocycles. The van der Waals surface area contributed by atoms with Crippen LogP contribution in [0.1, 0.15) is 31.1 Å². The molecule has 0 saturated carbocycles. The van der Waals surface area contributed by atoms with Gasteiger partial charge in [0.25, 0.3) is 0 Å². The second kappa shape index (κ2) is 4.26. The molecule has 2 aromatic heterocycles. The first kappa shape index (κ1) is 13.9. The van der Waals surface area contributed by atoms with Gasteiger partial charge in [0.1, 0.15) is 5.65 Å². The molecule has 0 N–H and O–H groups in total. The van der Waals surface area contributed by atoms with E-state index in [1.54, 1.807) is 6.07 Å². The molecule has 0 aliphatic heterocycles. The molecule has 2 heterocycles. The molecule has 0 saturated heterocycles. The molecule has 0 unspecified atom stereocenters. The maximum absolute atomic E-state index is 13.6. The minimum Gasteiger partial charge on any atom is -0.359 e. The Hall–Kier alpha value is -1.49. The monoisotopic (exact) mass is 278 g/mol. The smallest absolute Gasteiger partial charge is 0.163 e. The van der Waals surface area contributed by atoms with Crippen molar-refractivity contribution in [1.29, 1.82) is 0 Å². The van der Waals surface area contributed by atoms with Gasteiger partial charge in [-0.05, 0) is 17.3 Å². The highest BCUT2D eigenvalue weighted by atomic mass is 28.3. The lowest BCUT2D eigenvalue weighted by Gasteiger charge is -2.38. The number of aldehydes is 1. The highest BCUT2D eigenvalue weighted by molar-refractivity contribution is 6.79. The molecule has 2 aromatic rings. The van der Waals surface area contributed by atoms with Crippen LogP contribution in [0.4, 0.5) is 4.39 Å². The van der Waals surface area contributed by atoms with Crippen LogP contribution in [0.2, 0.25) is 18.1 Å². The molecule has 0 bridgehead atoms. The first-order chi connectivity index (χ1) is 8.70. The molecule has 0 radical (unpaired) electrons. The summed E-state index contributed by atoms with van der Waals surface area (Å²) < 4.78 is 15.7. The highest BCUT2D eigenvalue weighted by Gasteiger charge is 2.38. The molecule has 2 rings (SSSR count). The van der Waals surface area contributed by atoms with Crippen LogP contribution in [0.15, 0.2) is 18.5 Å². The van der Waals surface area contributed by atoms with Crippen LogP contribution in [-0.4, -0.2) is 23.7 Å². The molecule has 0 amide bonds. The minimum absolute atomic E-state index is 0.0995. The Bertz CT molecular complexity index is 641. The van der Waals surface area contributed by atoms with Gasteiger partial charge in [0.15, 0.2) is 20.3 Å². The van der Waals surface area contributed by atoms with Gasteiger partial charge in [-0.1, -0.05) is 33.9 Å². The number of hydrogen-bond donors (Lipinski definition) is 0. The Kier molecular flexibility index (Phi) is 3.13. The zero-order valence-electron chi connectivity index (χ0n) is 12.0. The van der Waals surface area contributed by atoms with E-state index in [1.807, 2.05) is 6.20 Å². The lowest BCUT2D eigenvalue weighted by Crippen LogP contribution is -2.45. The summed E-state index contributed by atoms with van der Waals surface area (Å²) in [5.74, 6) is -0.560. The first-order valence-electron chi connectivity index (χ1n) is 6.31. The van der Waals surface area contributed by atoms with Gasteiger partial charge in [-0.25, -0.2) is 9.37 Å². The third-order valence-corrected chi connectivity index (χ3v) is 9.50. The van der Waals surface area contributed by atoms with Crippen molar-refractivity contribution in [2.75, 3.05) is 0 Å². The molecule has 19 heavy (non-hydrogen) atoms. The zero-order valence-corrected chi connectivity index (χ0v) is 13.0. The summed E-state index contributed by atoms with van der Waals surface area (Å²) in [6, 6.07) is 1.79. The Balaban J connectivity index is 2.75. The molecule has 0 aliphatic rings. The van der Waals surface area contributed by atoms with Crippen LogP contribution < -0.4 is 0 Å². The van der Waals surface area contributed by atoms with Crippen molar-refractivity contribution in [3.63, 3.8) is 0 Å². The van der Waals surface area contributed by atoms with E-state index in [-0.39, 0.29) is 10.6 Å². The molecule has 5 heteroatoms. The Morgan fingerprint density at radius 1 is 1.37 bits per heavy atom. The van der Waals surface area contributed by atoms with Gasteiger partial charge in [-0.3, -0.25) is 4.79 Å². The van der Waals surface area contributed by atoms with Gasteiger partial charge in [-0.15, -0.1) is 0 Å². The van der Waals surface area contributed by atoms with E-state index in [1.165, 1.54) is 0 Å². The number of fused-ring (bicyclic) bond motifs is 1. The number of halogens is 1. The van der Waals surface area contributed by atoms with E-state index < -0.39 is 14.1 Å². The van der Waals surface area contributed by atoms with Gasteiger partial charge in [0, 0.05) is 5.39 Å². The summed E-state index contributed by atoms with van der Waals surface area (Å²) in [6.45, 7) is 11.1. The number of hydrogen-bond acceptors (Lipinski definition) is 2. The fourth-order valence-corrected chi connectivity index (χ4v) is 3.89. The van der Waals surface area contributed by atoms with E-state index >= 15 is 0 Å². The van der Waals surface area contributed by atoms with Crippen LogP contribution >= 0.6 is 0 Å². The fourth-order valence-electron chi connectivity index (χ4n) is 2.01. The van der Waals surface area contributed by atoms with Crippen molar-refractivity contribution in [2.24, 2.45) is 0 Å². The quantitative estimate of drug-likeness (QED) is 0.618. The first-order valence-corrected chi connectivity index (χ1v) is 9.26. The molecule has 0 fully saturated rings. The number of carbonyl (C=O) groups is 1. The van der Waals surface area contributed by atoms with E-state index in [2.05, 4.69) is 43.1 Å². The Labute approximate surface area is 113 Å². The number of aromatic nitrogens is 2. The molecule has 0 spiro atoms. The molecule has 0 atom stereocenters. The summed E-state index contributed by atoms with van der Waals surface area (Å²) in [7, 11) is -1.83. The molecular formula is C14H19FN2OSi. The van der Waals surface area contributed by atoms with Crippen molar-refractivity contribution in [1.82, 2.24) is 9.22 Å². The predicted octanol–water partition coefficient (Wildman–Crippen LogP) is 3.84. The minimum atomic E-state index is -1.83. The highest BCUT2D eigenvalue weighted by Crippen LogP contribution is 2.38. The largest absolute Gasteiger partial charge is 0.359 e. The fraction of sp³-hybridized carbons (Fsp3) is 0.429. The van der Waals surface area contributed by atoms with Gasteiger partial charge in [0.2, 0.25) is 0 Å². The van der Waals surface area contributed by atoms with E-state index in [4.69, 9.17) is 0 Å². The standard InChI is InChI=1S/C14H19FN2OSi/c1-14(2,3)19(4,5)17-7-6-10-11(9-18)12(15)8-16-13(10)17/h6-9H,1-5H3. The third kappa shape index (κ3) is 2.02. The van der Waals surface area contributed by atoms with Crippen molar-refractivity contribution in [2.45, 2.75) is 38.9 Å². The van der Waals surface area contributed by atoms with E-state index in [0.717, 1.165) is 6.20 Å². The molecular weight excluding hydrogens is 259 g/mol. The van der Waals surface area contributed by atoms with E-state index in [9.17, 15) is 9.18 Å². The van der Waals surface area contributed by atoms with Crippen LogP contribution in [0.3, 0.4) is 0 Å². The Morgan fingerprint density at radius 2 is 2.00 bits per heavy atom. The summed E-state index contributed by atoms with van der Waals surface area (Å²) >= 11 is 0. The number of nitrogens with zero attached hydrogens (tertiary/aromatic N) is 2. The second-order valence-electron chi connectivity index (χ2n) is 6.37. The predicted molar refractivity (Wildman–Crippen MR) is 77.7 cm³/mol. The van der Waals surface area contributed by atoms with Crippen LogP contribution in [0, 0.1) is 5.82 Å². The Morgan fingerprint density at radius 3 is 2.53 bits per heavy atom. The summed E-state index contributed by atoms with van der Waals surface area (Å²) in [6.07, 6.45) is 3.63. The summed E-state index contributed by atoms with van der Waals surface area (Å²) in [4.78, 5) is 15.2. The number of rotatable bonds is 2. The van der Waals surface area contributed by atoms with Crippen molar-refractivity contribution in [3.8, 4) is 0 Å². The van der Waals surface area contributed by atoms with Gasteiger partial charge >= 0.3 is 0 Å². The lowest BCUT2D eigenvalue weighted by atomic mass is 10.2. The van der Waals surface area contributed by atoms with Gasteiger partial charge < -0.3 is 4.23 Å².